The molecule has 0 saturated carbocycles. The van der Waals surface area contributed by atoms with Crippen molar-refractivity contribution in [3.8, 4) is 5.75 Å². The minimum absolute atomic E-state index is 0.00770. The van der Waals surface area contributed by atoms with Crippen LogP contribution in [0.1, 0.15) is 6.42 Å². The molecule has 0 spiro atoms. The van der Waals surface area contributed by atoms with Gasteiger partial charge in [-0.05, 0) is 12.1 Å². The fraction of sp³-hybridized carbons (Fsp3) is 0.273. The summed E-state index contributed by atoms with van der Waals surface area (Å²) in [5.74, 6) is -0.843. The average molecular weight is 280 g/mol. The number of nitrogens with one attached hydrogen (secondary N) is 1. The predicted octanol–water partition coefficient (Wildman–Crippen LogP) is -0.603. The molecule has 1 heterocycles. The van der Waals surface area contributed by atoms with Crippen LogP contribution in [0, 0.1) is 10.4 Å². The number of benzene rings is 1. The lowest BCUT2D eigenvalue weighted by molar-refractivity contribution is -0.672. The largest absolute Gasteiger partial charge is 0.739 e. The van der Waals surface area contributed by atoms with E-state index in [1.165, 1.54) is 25.3 Å². The number of carboxylic acids is 1. The fourth-order valence-electron chi connectivity index (χ4n) is 1.64. The molecular weight excluding hydrogens is 268 g/mol. The first-order chi connectivity index (χ1) is 9.52. The van der Waals surface area contributed by atoms with E-state index >= 15 is 0 Å². The highest BCUT2D eigenvalue weighted by molar-refractivity contribution is 5.70. The van der Waals surface area contributed by atoms with E-state index in [1.807, 2.05) is 0 Å². The Bertz CT molecular complexity index is 661. The van der Waals surface area contributed by atoms with Crippen molar-refractivity contribution in [3.05, 3.63) is 28.6 Å². The Morgan fingerprint density at radius 3 is 2.85 bits per heavy atom. The second kappa shape index (κ2) is 5.43. The average Bonchev–Trinajstić information content (AvgIpc) is 2.43. The molecular formula is C11H12N4O5. The monoisotopic (exact) mass is 280 g/mol. The molecule has 0 bridgehead atoms. The van der Waals surface area contributed by atoms with Crippen LogP contribution in [-0.2, 0) is 4.79 Å². The Hall–Kier alpha value is -2.84. The van der Waals surface area contributed by atoms with Crippen molar-refractivity contribution in [1.29, 1.82) is 0 Å². The van der Waals surface area contributed by atoms with Crippen LogP contribution in [0.15, 0.2) is 18.2 Å². The molecule has 0 aliphatic rings. The van der Waals surface area contributed by atoms with Crippen LogP contribution in [0.2, 0.25) is 0 Å². The Morgan fingerprint density at radius 1 is 1.45 bits per heavy atom. The zero-order valence-electron chi connectivity index (χ0n) is 10.6. The van der Waals surface area contributed by atoms with Gasteiger partial charge in [-0.2, -0.15) is 0 Å². The molecule has 9 nitrogen and oxygen atoms in total. The standard InChI is InChI=1S/C11H12N4O5/c1-20-7-2-3-8-9(6-7)15(19)13-11(14(8)18)12-5-4-10(16)17/h2-3,6H,4-5H2,1H3,(H,12,13)(H,16,17). The molecule has 0 aliphatic heterocycles. The second-order valence-electron chi connectivity index (χ2n) is 3.92. The summed E-state index contributed by atoms with van der Waals surface area (Å²) >= 11 is 0. The molecule has 0 atom stereocenters. The first-order valence-corrected chi connectivity index (χ1v) is 5.69. The smallest absolute Gasteiger partial charge is 0.460 e. The van der Waals surface area contributed by atoms with E-state index in [-0.39, 0.29) is 34.8 Å². The third-order valence-electron chi connectivity index (χ3n) is 2.61. The molecule has 9 heteroatoms. The first-order valence-electron chi connectivity index (χ1n) is 5.69. The van der Waals surface area contributed by atoms with Gasteiger partial charge in [-0.25, -0.2) is 4.73 Å². The molecule has 1 aromatic carbocycles. The maximum Gasteiger partial charge on any atom is 0.460 e. The summed E-state index contributed by atoms with van der Waals surface area (Å²) in [5, 5.41) is 38.3. The molecule has 1 aromatic heterocycles. The number of fused-ring (bicyclic) bond motifs is 1. The van der Waals surface area contributed by atoms with Gasteiger partial charge in [-0.3, -0.25) is 10.1 Å². The number of hydrogen-bond acceptors (Lipinski definition) is 6. The van der Waals surface area contributed by atoms with Gasteiger partial charge in [0, 0.05) is 4.85 Å². The predicted molar refractivity (Wildman–Crippen MR) is 67.0 cm³/mol. The van der Waals surface area contributed by atoms with Gasteiger partial charge in [-0.1, -0.05) is 0 Å². The van der Waals surface area contributed by atoms with E-state index in [9.17, 15) is 15.2 Å². The molecule has 0 fully saturated rings. The quantitative estimate of drug-likeness (QED) is 0.553. The van der Waals surface area contributed by atoms with Gasteiger partial charge >= 0.3 is 17.4 Å². The van der Waals surface area contributed by atoms with Crippen molar-refractivity contribution in [3.63, 3.8) is 0 Å². The highest BCUT2D eigenvalue weighted by Gasteiger charge is 2.20. The number of carboxylic acid groups (broad SMARTS) is 1. The Kier molecular flexibility index (Phi) is 3.69. The van der Waals surface area contributed by atoms with E-state index in [0.29, 0.717) is 10.5 Å². The lowest BCUT2D eigenvalue weighted by Crippen LogP contribution is -2.44. The number of rotatable bonds is 5. The second-order valence-corrected chi connectivity index (χ2v) is 3.92. The van der Waals surface area contributed by atoms with Gasteiger partial charge in [0.05, 0.1) is 26.1 Å². The normalized spacial score (nSPS) is 10.4. The number of aromatic nitrogens is 3. The van der Waals surface area contributed by atoms with Crippen molar-refractivity contribution >= 4 is 23.0 Å². The maximum absolute atomic E-state index is 12.0. The molecule has 20 heavy (non-hydrogen) atoms. The third-order valence-corrected chi connectivity index (χ3v) is 2.61. The van der Waals surface area contributed by atoms with E-state index < -0.39 is 5.97 Å². The summed E-state index contributed by atoms with van der Waals surface area (Å²) < 4.78 is 5.40. The molecule has 2 aromatic rings. The van der Waals surface area contributed by atoms with Gasteiger partial charge in [0.1, 0.15) is 5.75 Å². The van der Waals surface area contributed by atoms with Crippen molar-refractivity contribution in [2.24, 2.45) is 0 Å². The number of carbonyl (C=O) groups is 1. The molecule has 0 unspecified atom stereocenters. The summed E-state index contributed by atoms with van der Waals surface area (Å²) in [4.78, 5) is 10.7. The maximum atomic E-state index is 12.0. The van der Waals surface area contributed by atoms with E-state index in [1.54, 1.807) is 0 Å². The third kappa shape index (κ3) is 2.60. The van der Waals surface area contributed by atoms with Crippen LogP contribution < -0.4 is 19.6 Å². The summed E-state index contributed by atoms with van der Waals surface area (Å²) in [6.45, 7) is -0.00770. The SMILES string of the molecule is COc1ccc2c(c1)[n+]([O-])nc(NCCC(=O)O)[n+]2[O-]. The summed E-state index contributed by atoms with van der Waals surface area (Å²) in [6.07, 6.45) is -0.193. The highest BCUT2D eigenvalue weighted by Crippen LogP contribution is 2.15. The number of nitrogens with zero attached hydrogens (tertiary/aromatic N) is 3. The molecule has 0 saturated heterocycles. The minimum Gasteiger partial charge on any atom is -0.739 e. The summed E-state index contributed by atoms with van der Waals surface area (Å²) in [5.41, 5.74) is 0.164. The number of hydrogen-bond donors (Lipinski definition) is 2. The van der Waals surface area contributed by atoms with Gasteiger partial charge in [0.2, 0.25) is 5.10 Å². The lowest BCUT2D eigenvalue weighted by atomic mass is 10.3. The number of anilines is 1. The van der Waals surface area contributed by atoms with Crippen molar-refractivity contribution < 1.29 is 24.2 Å². The van der Waals surface area contributed by atoms with Crippen molar-refractivity contribution in [2.75, 3.05) is 19.0 Å². The molecule has 2 rings (SSSR count). The van der Waals surface area contributed by atoms with Gasteiger partial charge in [0.25, 0.3) is 0 Å². The lowest BCUT2D eigenvalue weighted by Gasteiger charge is -2.10. The summed E-state index contributed by atoms with van der Waals surface area (Å²) in [6, 6.07) is 4.36. The van der Waals surface area contributed by atoms with E-state index in [0.717, 1.165) is 0 Å². The van der Waals surface area contributed by atoms with Crippen LogP contribution in [-0.4, -0.2) is 29.8 Å². The van der Waals surface area contributed by atoms with Crippen LogP contribution in [0.3, 0.4) is 0 Å². The van der Waals surface area contributed by atoms with Crippen LogP contribution in [0.25, 0.3) is 11.0 Å². The number of ether oxygens (including phenoxy) is 1. The van der Waals surface area contributed by atoms with Crippen molar-refractivity contribution in [2.45, 2.75) is 6.42 Å². The van der Waals surface area contributed by atoms with Gasteiger partial charge in [-0.15, -0.1) is 0 Å². The van der Waals surface area contributed by atoms with Gasteiger partial charge < -0.3 is 20.3 Å². The number of aliphatic carboxylic acids is 1. The molecule has 0 radical (unpaired) electrons. The van der Waals surface area contributed by atoms with Crippen LogP contribution in [0.5, 0.6) is 5.75 Å². The van der Waals surface area contributed by atoms with Crippen LogP contribution >= 0.6 is 0 Å². The summed E-state index contributed by atoms with van der Waals surface area (Å²) in [7, 11) is 1.44. The first kappa shape index (κ1) is 13.6. The van der Waals surface area contributed by atoms with Crippen LogP contribution in [0.4, 0.5) is 5.95 Å². The molecule has 0 aliphatic carbocycles. The van der Waals surface area contributed by atoms with E-state index in [4.69, 9.17) is 9.84 Å². The minimum atomic E-state index is -1.02. The van der Waals surface area contributed by atoms with Crippen molar-refractivity contribution in [1.82, 2.24) is 5.10 Å². The van der Waals surface area contributed by atoms with Gasteiger partial charge in [0.15, 0.2) is 5.52 Å². The molecule has 106 valence electrons. The molecule has 2 N–H and O–H groups in total. The zero-order chi connectivity index (χ0) is 14.7. The Morgan fingerprint density at radius 2 is 2.20 bits per heavy atom. The Balaban J connectivity index is 2.38. The molecule has 0 amide bonds. The highest BCUT2D eigenvalue weighted by atomic mass is 16.5. The topological polar surface area (TPSA) is 125 Å². The fourth-order valence-corrected chi connectivity index (χ4v) is 1.64. The Labute approximate surface area is 113 Å². The zero-order valence-corrected chi connectivity index (χ0v) is 10.6. The van der Waals surface area contributed by atoms with E-state index in [2.05, 4.69) is 10.4 Å². The number of methoxy groups -OCH3 is 1.